The van der Waals surface area contributed by atoms with Crippen molar-refractivity contribution in [3.8, 4) is 17.1 Å². The number of aromatic hydroxyl groups is 1. The van der Waals surface area contributed by atoms with Gasteiger partial charge in [-0.2, -0.15) is 0 Å². The molecule has 0 aliphatic rings. The van der Waals surface area contributed by atoms with Gasteiger partial charge in [-0.25, -0.2) is 9.98 Å². The summed E-state index contributed by atoms with van der Waals surface area (Å²) in [6.45, 7) is 0. The van der Waals surface area contributed by atoms with Crippen molar-refractivity contribution in [3.05, 3.63) is 107 Å². The first-order valence-electron chi connectivity index (χ1n) is 9.82. The molecule has 0 atom stereocenters. The fourth-order valence-corrected chi connectivity index (χ4v) is 3.64. The Balaban J connectivity index is 0.00000259. The molecule has 0 spiro atoms. The molecule has 5 rings (SSSR count). The molecule has 0 bridgehead atoms. The summed E-state index contributed by atoms with van der Waals surface area (Å²) < 4.78 is 0. The van der Waals surface area contributed by atoms with Crippen LogP contribution < -0.4 is 0 Å². The largest absolute Gasteiger partial charge is 0.494 e. The molecule has 164 valence electrons. The van der Waals surface area contributed by atoms with Crippen molar-refractivity contribution in [2.24, 2.45) is 4.99 Å². The van der Waals surface area contributed by atoms with E-state index in [0.29, 0.717) is 27.9 Å². The van der Waals surface area contributed by atoms with Crippen LogP contribution in [0.15, 0.2) is 90.3 Å². The number of fused-ring (bicyclic) bond motifs is 1. The zero-order chi connectivity index (χ0) is 22.1. The van der Waals surface area contributed by atoms with Crippen LogP contribution in [0.1, 0.15) is 11.1 Å². The number of benzene rings is 3. The van der Waals surface area contributed by atoms with Crippen LogP contribution in [0.4, 0.5) is 11.4 Å². The zero-order valence-electron chi connectivity index (χ0n) is 17.1. The number of nitrogens with zero attached hydrogens (tertiary/aromatic N) is 3. The van der Waals surface area contributed by atoms with E-state index >= 15 is 0 Å². The van der Waals surface area contributed by atoms with Gasteiger partial charge in [-0.15, -0.1) is 12.4 Å². The Morgan fingerprint density at radius 3 is 2.45 bits per heavy atom. The number of nitrogens with one attached hydrogen (secondary N) is 2. The van der Waals surface area contributed by atoms with E-state index in [9.17, 15) is 15.2 Å². The Bertz CT molecular complexity index is 1440. The second-order valence-corrected chi connectivity index (χ2v) is 7.17. The average Bonchev–Trinajstić information content (AvgIpc) is 3.46. The van der Waals surface area contributed by atoms with Gasteiger partial charge in [-0.05, 0) is 23.8 Å². The topological polar surface area (TPSA) is 120 Å². The monoisotopic (exact) mass is 459 g/mol. The van der Waals surface area contributed by atoms with Crippen LogP contribution in [0, 0.1) is 10.1 Å². The Hall–Kier alpha value is -4.43. The van der Waals surface area contributed by atoms with Gasteiger partial charge in [0.05, 0.1) is 40.1 Å². The lowest BCUT2D eigenvalue weighted by Crippen LogP contribution is -2.03. The maximum Gasteiger partial charge on any atom is 0.270 e. The van der Waals surface area contributed by atoms with Crippen LogP contribution in [-0.2, 0) is 0 Å². The number of hydrogen-bond donors (Lipinski definition) is 3. The Morgan fingerprint density at radius 2 is 1.79 bits per heavy atom. The molecule has 0 unspecified atom stereocenters. The molecule has 0 radical (unpaired) electrons. The molecule has 9 heteroatoms. The summed E-state index contributed by atoms with van der Waals surface area (Å²) in [6.07, 6.45) is 3.36. The van der Waals surface area contributed by atoms with E-state index in [1.54, 1.807) is 18.6 Å². The SMILES string of the molecule is Cl.O=[N+]([O-])c1ccc2[nH]c(O)c(C(=Nc3ccc(-c4cnc[nH]4)cc3)c3ccccc3)c2c1. The Labute approximate surface area is 194 Å². The van der Waals surface area contributed by atoms with Gasteiger partial charge in [-0.1, -0.05) is 42.5 Å². The second-order valence-electron chi connectivity index (χ2n) is 7.17. The highest BCUT2D eigenvalue weighted by atomic mass is 35.5. The van der Waals surface area contributed by atoms with Gasteiger partial charge in [0, 0.05) is 28.6 Å². The molecule has 0 aliphatic carbocycles. The first-order valence-corrected chi connectivity index (χ1v) is 9.82. The van der Waals surface area contributed by atoms with Crippen molar-refractivity contribution in [1.29, 1.82) is 0 Å². The van der Waals surface area contributed by atoms with Crippen LogP contribution in [0.25, 0.3) is 22.2 Å². The third-order valence-corrected chi connectivity index (χ3v) is 5.17. The van der Waals surface area contributed by atoms with Gasteiger partial charge >= 0.3 is 0 Å². The Morgan fingerprint density at radius 1 is 1.03 bits per heavy atom. The lowest BCUT2D eigenvalue weighted by atomic mass is 10.0. The average molecular weight is 460 g/mol. The number of halogens is 1. The van der Waals surface area contributed by atoms with Crippen molar-refractivity contribution in [3.63, 3.8) is 0 Å². The fourth-order valence-electron chi connectivity index (χ4n) is 3.64. The standard InChI is InChI=1S/C24H17N5O3.ClH/c30-24-22(19-12-18(29(31)32)10-11-20(19)28-24)23(16-4-2-1-3-5-16)27-17-8-6-15(7-9-17)21-13-25-14-26-21;/h1-14,28,30H,(H,25,26);1H. The van der Waals surface area contributed by atoms with Crippen molar-refractivity contribution in [2.45, 2.75) is 0 Å². The highest BCUT2D eigenvalue weighted by molar-refractivity contribution is 6.22. The number of hydrogen-bond acceptors (Lipinski definition) is 5. The smallest absolute Gasteiger partial charge is 0.270 e. The third kappa shape index (κ3) is 4.19. The minimum absolute atomic E-state index is 0. The number of rotatable bonds is 5. The predicted octanol–water partition coefficient (Wildman–Crippen LogP) is 5.76. The summed E-state index contributed by atoms with van der Waals surface area (Å²) in [4.78, 5) is 25.7. The van der Waals surface area contributed by atoms with E-state index in [1.807, 2.05) is 54.6 Å². The molecule has 0 amide bonds. The molecule has 0 fully saturated rings. The number of nitro benzene ring substituents is 1. The van der Waals surface area contributed by atoms with Gasteiger partial charge in [0.2, 0.25) is 0 Å². The van der Waals surface area contributed by atoms with E-state index in [0.717, 1.165) is 16.8 Å². The molecule has 0 saturated heterocycles. The molecule has 0 aliphatic heterocycles. The predicted molar refractivity (Wildman–Crippen MR) is 130 cm³/mol. The van der Waals surface area contributed by atoms with Crippen LogP contribution in [0.2, 0.25) is 0 Å². The van der Waals surface area contributed by atoms with Gasteiger partial charge in [0.25, 0.3) is 5.69 Å². The quantitative estimate of drug-likeness (QED) is 0.176. The van der Waals surface area contributed by atoms with Gasteiger partial charge < -0.3 is 15.1 Å². The van der Waals surface area contributed by atoms with Crippen LogP contribution in [-0.4, -0.2) is 30.7 Å². The normalized spacial score (nSPS) is 11.3. The fraction of sp³-hybridized carbons (Fsp3) is 0. The molecular weight excluding hydrogens is 442 g/mol. The highest BCUT2D eigenvalue weighted by Crippen LogP contribution is 2.33. The van der Waals surface area contributed by atoms with E-state index in [4.69, 9.17) is 4.99 Å². The van der Waals surface area contributed by atoms with E-state index in [-0.39, 0.29) is 24.0 Å². The summed E-state index contributed by atoms with van der Waals surface area (Å²) >= 11 is 0. The summed E-state index contributed by atoms with van der Waals surface area (Å²) in [6, 6.07) is 21.4. The van der Waals surface area contributed by atoms with Crippen molar-refractivity contribution < 1.29 is 10.0 Å². The molecule has 8 nitrogen and oxygen atoms in total. The number of non-ortho nitro benzene ring substituents is 1. The lowest BCUT2D eigenvalue weighted by molar-refractivity contribution is -0.384. The van der Waals surface area contributed by atoms with Gasteiger partial charge in [0.15, 0.2) is 5.88 Å². The van der Waals surface area contributed by atoms with Crippen molar-refractivity contribution in [2.75, 3.05) is 0 Å². The minimum Gasteiger partial charge on any atom is -0.494 e. The first-order chi connectivity index (χ1) is 15.6. The third-order valence-electron chi connectivity index (χ3n) is 5.17. The summed E-state index contributed by atoms with van der Waals surface area (Å²) in [5, 5.41) is 22.6. The highest BCUT2D eigenvalue weighted by Gasteiger charge is 2.20. The molecule has 3 N–H and O–H groups in total. The van der Waals surface area contributed by atoms with E-state index in [2.05, 4.69) is 15.0 Å². The molecule has 3 aromatic carbocycles. The number of imidazole rings is 1. The Kier molecular flexibility index (Phi) is 5.93. The van der Waals surface area contributed by atoms with Crippen LogP contribution >= 0.6 is 12.4 Å². The van der Waals surface area contributed by atoms with Crippen molar-refractivity contribution >= 4 is 40.4 Å². The number of aromatic nitrogens is 3. The number of aromatic amines is 2. The van der Waals surface area contributed by atoms with Crippen LogP contribution in [0.5, 0.6) is 5.88 Å². The van der Waals surface area contributed by atoms with Crippen LogP contribution in [0.3, 0.4) is 0 Å². The van der Waals surface area contributed by atoms with Crippen molar-refractivity contribution in [1.82, 2.24) is 15.0 Å². The van der Waals surface area contributed by atoms with Gasteiger partial charge in [-0.3, -0.25) is 10.1 Å². The lowest BCUT2D eigenvalue weighted by Gasteiger charge is -2.08. The summed E-state index contributed by atoms with van der Waals surface area (Å²) in [5.74, 6) is -0.0998. The van der Waals surface area contributed by atoms with Gasteiger partial charge in [0.1, 0.15) is 0 Å². The summed E-state index contributed by atoms with van der Waals surface area (Å²) in [5.41, 5.74) is 4.74. The number of aliphatic imine (C=N–C) groups is 1. The molecule has 2 aromatic heterocycles. The van der Waals surface area contributed by atoms with E-state index < -0.39 is 4.92 Å². The zero-order valence-corrected chi connectivity index (χ0v) is 17.9. The number of nitro groups is 1. The molecule has 0 saturated carbocycles. The summed E-state index contributed by atoms with van der Waals surface area (Å²) in [7, 11) is 0. The minimum atomic E-state index is -0.458. The number of H-pyrrole nitrogens is 2. The maximum absolute atomic E-state index is 11.3. The molecule has 5 aromatic rings. The maximum atomic E-state index is 11.3. The molecule has 33 heavy (non-hydrogen) atoms. The molecular formula is C24H18ClN5O3. The van der Waals surface area contributed by atoms with E-state index in [1.165, 1.54) is 12.1 Å². The second kappa shape index (κ2) is 8.97. The molecule has 2 heterocycles. The first kappa shape index (κ1) is 21.8.